The molecule has 0 spiro atoms. The lowest BCUT2D eigenvalue weighted by atomic mass is 10.1. The van der Waals surface area contributed by atoms with Crippen LogP contribution in [0.5, 0.6) is 0 Å². The number of likely N-dealkylation sites (tertiary alicyclic amines) is 1. The van der Waals surface area contributed by atoms with Gasteiger partial charge in [0.15, 0.2) is 0 Å². The largest absolute Gasteiger partial charge is 0.355 e. The van der Waals surface area contributed by atoms with E-state index in [9.17, 15) is 9.59 Å². The van der Waals surface area contributed by atoms with Crippen molar-refractivity contribution in [1.29, 1.82) is 0 Å². The average Bonchev–Trinajstić information content (AvgIpc) is 2.82. The minimum Gasteiger partial charge on any atom is -0.355 e. The highest BCUT2D eigenvalue weighted by molar-refractivity contribution is 5.89. The fraction of sp³-hybridized carbons (Fsp3) is 0.600. The third kappa shape index (κ3) is 4.00. The molecule has 1 aliphatic rings. The van der Waals surface area contributed by atoms with Gasteiger partial charge in [-0.1, -0.05) is 0 Å². The van der Waals surface area contributed by atoms with Crippen molar-refractivity contribution in [3.63, 3.8) is 0 Å². The van der Waals surface area contributed by atoms with Crippen LogP contribution in [0, 0.1) is 5.92 Å². The first-order chi connectivity index (χ1) is 9.88. The summed E-state index contributed by atoms with van der Waals surface area (Å²) in [6.45, 7) is 6.97. The zero-order valence-corrected chi connectivity index (χ0v) is 12.8. The first-order valence-electron chi connectivity index (χ1n) is 7.21. The molecule has 6 nitrogen and oxygen atoms in total. The number of carbonyl (C=O) groups excluding carboxylic acids is 2. The van der Waals surface area contributed by atoms with Crippen LogP contribution in [0.25, 0.3) is 0 Å². The summed E-state index contributed by atoms with van der Waals surface area (Å²) in [7, 11) is 0. The Balaban J connectivity index is 1.81. The average molecular weight is 290 g/mol. The smallest absolute Gasteiger partial charge is 0.225 e. The fourth-order valence-electron chi connectivity index (χ4n) is 2.45. The van der Waals surface area contributed by atoms with Crippen LogP contribution in [0.3, 0.4) is 0 Å². The van der Waals surface area contributed by atoms with Crippen LogP contribution in [-0.4, -0.2) is 45.3 Å². The summed E-state index contributed by atoms with van der Waals surface area (Å²) in [5.74, 6) is -0.255. The summed E-state index contributed by atoms with van der Waals surface area (Å²) in [5.41, 5.74) is 0.614. The number of rotatable bonds is 4. The molecule has 21 heavy (non-hydrogen) atoms. The van der Waals surface area contributed by atoms with Crippen LogP contribution in [-0.2, 0) is 16.0 Å². The van der Waals surface area contributed by atoms with Crippen LogP contribution < -0.4 is 5.32 Å². The minimum atomic E-state index is -0.251. The molecule has 1 fully saturated rings. The normalized spacial score (nSPS) is 18.9. The monoisotopic (exact) mass is 290 g/mol. The maximum absolute atomic E-state index is 12.1. The van der Waals surface area contributed by atoms with E-state index < -0.39 is 0 Å². The highest BCUT2D eigenvalue weighted by Crippen LogP contribution is 2.25. The van der Waals surface area contributed by atoms with Crippen LogP contribution in [0.15, 0.2) is 18.6 Å². The van der Waals surface area contributed by atoms with E-state index in [0.29, 0.717) is 25.9 Å². The van der Waals surface area contributed by atoms with Crippen molar-refractivity contribution >= 4 is 11.8 Å². The molecule has 6 heteroatoms. The highest BCUT2D eigenvalue weighted by Gasteiger charge is 2.39. The Morgan fingerprint density at radius 1 is 1.43 bits per heavy atom. The second-order valence-electron chi connectivity index (χ2n) is 6.31. The molecule has 0 aliphatic carbocycles. The standard InChI is InChI=1S/C15H22N4O2/c1-15(2,3)19-10-11(8-13(19)20)14(21)18-5-4-12-9-16-6-7-17-12/h6-7,9,11H,4-5,8,10H2,1-3H3,(H,18,21)/t11-/m0/s1. The first-order valence-corrected chi connectivity index (χ1v) is 7.21. The van der Waals surface area contributed by atoms with Gasteiger partial charge in [-0.25, -0.2) is 0 Å². The molecule has 1 aromatic heterocycles. The summed E-state index contributed by atoms with van der Waals surface area (Å²) in [6.07, 6.45) is 5.88. The van der Waals surface area contributed by atoms with Crippen molar-refractivity contribution in [3.05, 3.63) is 24.3 Å². The molecular weight excluding hydrogens is 268 g/mol. The second-order valence-corrected chi connectivity index (χ2v) is 6.31. The van der Waals surface area contributed by atoms with Crippen molar-refractivity contribution in [2.45, 2.75) is 39.2 Å². The van der Waals surface area contributed by atoms with Gasteiger partial charge < -0.3 is 10.2 Å². The molecule has 0 saturated carbocycles. The van der Waals surface area contributed by atoms with Crippen molar-refractivity contribution < 1.29 is 9.59 Å². The Labute approximate surface area is 125 Å². The van der Waals surface area contributed by atoms with Gasteiger partial charge in [-0.05, 0) is 20.8 Å². The number of nitrogens with one attached hydrogen (secondary N) is 1. The predicted molar refractivity (Wildman–Crippen MR) is 78.3 cm³/mol. The van der Waals surface area contributed by atoms with Gasteiger partial charge in [0, 0.05) is 50.1 Å². The topological polar surface area (TPSA) is 75.2 Å². The Morgan fingerprint density at radius 2 is 2.19 bits per heavy atom. The molecule has 0 radical (unpaired) electrons. The van der Waals surface area contributed by atoms with E-state index in [0.717, 1.165) is 5.69 Å². The number of nitrogens with zero attached hydrogens (tertiary/aromatic N) is 3. The molecule has 0 bridgehead atoms. The summed E-state index contributed by atoms with van der Waals surface area (Å²) < 4.78 is 0. The van der Waals surface area contributed by atoms with E-state index in [1.54, 1.807) is 23.5 Å². The SMILES string of the molecule is CC(C)(C)N1C[C@@H](C(=O)NCCc2cnccn2)CC1=O. The Morgan fingerprint density at radius 3 is 2.76 bits per heavy atom. The number of hydrogen-bond donors (Lipinski definition) is 1. The van der Waals surface area contributed by atoms with Crippen molar-refractivity contribution in [3.8, 4) is 0 Å². The summed E-state index contributed by atoms with van der Waals surface area (Å²) in [4.78, 5) is 34.0. The molecule has 2 heterocycles. The third-order valence-corrected chi connectivity index (χ3v) is 3.60. The van der Waals surface area contributed by atoms with Gasteiger partial charge in [0.05, 0.1) is 11.6 Å². The maximum atomic E-state index is 12.1. The lowest BCUT2D eigenvalue weighted by Gasteiger charge is -2.31. The highest BCUT2D eigenvalue weighted by atomic mass is 16.2. The number of carbonyl (C=O) groups is 2. The van der Waals surface area contributed by atoms with E-state index in [1.165, 1.54) is 0 Å². The number of aromatic nitrogens is 2. The molecule has 0 aromatic carbocycles. The molecule has 1 saturated heterocycles. The van der Waals surface area contributed by atoms with Crippen LogP contribution in [0.1, 0.15) is 32.9 Å². The van der Waals surface area contributed by atoms with Crippen molar-refractivity contribution in [2.75, 3.05) is 13.1 Å². The van der Waals surface area contributed by atoms with Gasteiger partial charge in [-0.2, -0.15) is 0 Å². The van der Waals surface area contributed by atoms with Crippen LogP contribution >= 0.6 is 0 Å². The lowest BCUT2D eigenvalue weighted by molar-refractivity contribution is -0.132. The molecule has 1 N–H and O–H groups in total. The quantitative estimate of drug-likeness (QED) is 0.889. The first kappa shape index (κ1) is 15.4. The minimum absolute atomic E-state index is 0.0524. The maximum Gasteiger partial charge on any atom is 0.225 e. The van der Waals surface area contributed by atoms with Crippen molar-refractivity contribution in [1.82, 2.24) is 20.2 Å². The van der Waals surface area contributed by atoms with Crippen LogP contribution in [0.4, 0.5) is 0 Å². The Kier molecular flexibility index (Phi) is 4.55. The van der Waals surface area contributed by atoms with Crippen LogP contribution in [0.2, 0.25) is 0 Å². The molecular formula is C15H22N4O2. The van der Waals surface area contributed by atoms with Gasteiger partial charge in [-0.3, -0.25) is 19.6 Å². The second kappa shape index (κ2) is 6.20. The molecule has 1 atom stereocenters. The van der Waals surface area contributed by atoms with E-state index >= 15 is 0 Å². The Hall–Kier alpha value is -1.98. The zero-order chi connectivity index (χ0) is 15.5. The molecule has 0 unspecified atom stereocenters. The molecule has 2 amide bonds. The molecule has 1 aliphatic heterocycles. The van der Waals surface area contributed by atoms with Gasteiger partial charge in [-0.15, -0.1) is 0 Å². The molecule has 114 valence electrons. The van der Waals surface area contributed by atoms with E-state index in [-0.39, 0.29) is 23.3 Å². The van der Waals surface area contributed by atoms with E-state index in [2.05, 4.69) is 15.3 Å². The predicted octanol–water partition coefficient (Wildman–Crippen LogP) is 0.782. The van der Waals surface area contributed by atoms with Gasteiger partial charge >= 0.3 is 0 Å². The number of hydrogen-bond acceptors (Lipinski definition) is 4. The van der Waals surface area contributed by atoms with Gasteiger partial charge in [0.1, 0.15) is 0 Å². The summed E-state index contributed by atoms with van der Waals surface area (Å²) in [6, 6.07) is 0. The van der Waals surface area contributed by atoms with Gasteiger partial charge in [0.25, 0.3) is 0 Å². The van der Waals surface area contributed by atoms with E-state index in [4.69, 9.17) is 0 Å². The number of amides is 2. The van der Waals surface area contributed by atoms with Gasteiger partial charge in [0.2, 0.25) is 11.8 Å². The lowest BCUT2D eigenvalue weighted by Crippen LogP contribution is -2.43. The zero-order valence-electron chi connectivity index (χ0n) is 12.8. The third-order valence-electron chi connectivity index (χ3n) is 3.60. The summed E-state index contributed by atoms with van der Waals surface area (Å²) in [5, 5.41) is 2.88. The van der Waals surface area contributed by atoms with Crippen molar-refractivity contribution in [2.24, 2.45) is 5.92 Å². The molecule has 2 rings (SSSR count). The summed E-state index contributed by atoms with van der Waals surface area (Å²) >= 11 is 0. The van der Waals surface area contributed by atoms with E-state index in [1.807, 2.05) is 20.8 Å². The fourth-order valence-corrected chi connectivity index (χ4v) is 2.45. The molecule has 1 aromatic rings. The Bertz CT molecular complexity index is 510.